The van der Waals surface area contributed by atoms with Crippen LogP contribution in [0.15, 0.2) is 12.3 Å². The Morgan fingerprint density at radius 1 is 1.69 bits per heavy atom. The van der Waals surface area contributed by atoms with Crippen LogP contribution in [-0.4, -0.2) is 16.5 Å². The van der Waals surface area contributed by atoms with E-state index < -0.39 is 4.92 Å². The molecule has 0 aliphatic rings. The van der Waals surface area contributed by atoms with Crippen LogP contribution in [0.2, 0.25) is 5.02 Å². The van der Waals surface area contributed by atoms with Crippen molar-refractivity contribution in [1.29, 1.82) is 0 Å². The highest BCUT2D eigenvalue weighted by Crippen LogP contribution is 2.26. The fraction of sp³-hybridized carbons (Fsp3) is 0.286. The van der Waals surface area contributed by atoms with Gasteiger partial charge in [-0.1, -0.05) is 11.6 Å². The summed E-state index contributed by atoms with van der Waals surface area (Å²) in [6, 6.07) is 1.39. The van der Waals surface area contributed by atoms with E-state index in [0.29, 0.717) is 18.7 Å². The van der Waals surface area contributed by atoms with Crippen molar-refractivity contribution in [3.05, 3.63) is 33.1 Å². The van der Waals surface area contributed by atoms with E-state index in [4.69, 9.17) is 17.3 Å². The van der Waals surface area contributed by atoms with E-state index in [-0.39, 0.29) is 10.7 Å². The Bertz CT molecular complexity index is 330. The van der Waals surface area contributed by atoms with Gasteiger partial charge >= 0.3 is 5.69 Å². The van der Waals surface area contributed by atoms with Crippen LogP contribution in [0.25, 0.3) is 0 Å². The van der Waals surface area contributed by atoms with Gasteiger partial charge in [-0.3, -0.25) is 15.1 Å². The molecule has 0 fully saturated rings. The first-order chi connectivity index (χ1) is 6.16. The van der Waals surface area contributed by atoms with Gasteiger partial charge in [0, 0.05) is 12.6 Å². The minimum absolute atomic E-state index is 0.100. The van der Waals surface area contributed by atoms with Gasteiger partial charge in [0.25, 0.3) is 0 Å². The molecule has 1 aromatic rings. The van der Waals surface area contributed by atoms with Gasteiger partial charge in [-0.05, 0) is 12.6 Å². The van der Waals surface area contributed by atoms with Crippen LogP contribution < -0.4 is 5.73 Å². The molecule has 0 aliphatic carbocycles. The predicted molar refractivity (Wildman–Crippen MR) is 48.7 cm³/mol. The molecule has 70 valence electrons. The van der Waals surface area contributed by atoms with Gasteiger partial charge in [0.2, 0.25) is 0 Å². The van der Waals surface area contributed by atoms with Crippen molar-refractivity contribution < 1.29 is 4.92 Å². The van der Waals surface area contributed by atoms with E-state index in [1.54, 1.807) is 0 Å². The summed E-state index contributed by atoms with van der Waals surface area (Å²) < 4.78 is 0. The number of rotatable bonds is 3. The summed E-state index contributed by atoms with van der Waals surface area (Å²) in [7, 11) is 0. The molecule has 0 atom stereocenters. The second-order valence-corrected chi connectivity index (χ2v) is 2.79. The normalized spacial score (nSPS) is 10.0. The third kappa shape index (κ3) is 2.13. The summed E-state index contributed by atoms with van der Waals surface area (Å²) in [5.74, 6) is 0. The van der Waals surface area contributed by atoms with Gasteiger partial charge in [-0.2, -0.15) is 0 Å². The summed E-state index contributed by atoms with van der Waals surface area (Å²) in [6.07, 6.45) is 1.79. The number of nitrogens with zero attached hydrogens (tertiary/aromatic N) is 2. The van der Waals surface area contributed by atoms with Gasteiger partial charge in [0.15, 0.2) is 0 Å². The maximum Gasteiger partial charge on any atom is 0.309 e. The lowest BCUT2D eigenvalue weighted by molar-refractivity contribution is -0.385. The van der Waals surface area contributed by atoms with E-state index in [2.05, 4.69) is 4.98 Å². The smallest absolute Gasteiger partial charge is 0.309 e. The van der Waals surface area contributed by atoms with Crippen LogP contribution in [0, 0.1) is 10.1 Å². The van der Waals surface area contributed by atoms with Crippen molar-refractivity contribution in [3.8, 4) is 0 Å². The van der Waals surface area contributed by atoms with Crippen molar-refractivity contribution in [1.82, 2.24) is 4.98 Å². The van der Waals surface area contributed by atoms with Crippen LogP contribution >= 0.6 is 11.6 Å². The molecule has 0 saturated carbocycles. The highest BCUT2D eigenvalue weighted by Gasteiger charge is 2.18. The second-order valence-electron chi connectivity index (χ2n) is 2.38. The quantitative estimate of drug-likeness (QED) is 0.587. The molecule has 0 unspecified atom stereocenters. The predicted octanol–water partition coefficient (Wildman–Crippen LogP) is 1.14. The van der Waals surface area contributed by atoms with Crippen molar-refractivity contribution in [2.24, 2.45) is 5.73 Å². The molecule has 2 N–H and O–H groups in total. The van der Waals surface area contributed by atoms with E-state index in [9.17, 15) is 10.1 Å². The first-order valence-corrected chi connectivity index (χ1v) is 4.02. The number of hydrogen-bond acceptors (Lipinski definition) is 4. The van der Waals surface area contributed by atoms with Crippen LogP contribution in [0.1, 0.15) is 5.69 Å². The zero-order chi connectivity index (χ0) is 9.84. The monoisotopic (exact) mass is 201 g/mol. The van der Waals surface area contributed by atoms with Crippen molar-refractivity contribution in [2.75, 3.05) is 6.54 Å². The highest BCUT2D eigenvalue weighted by molar-refractivity contribution is 6.32. The third-order valence-corrected chi connectivity index (χ3v) is 1.82. The van der Waals surface area contributed by atoms with E-state index in [1.807, 2.05) is 0 Å². The zero-order valence-electron chi connectivity index (χ0n) is 6.74. The fourth-order valence-corrected chi connectivity index (χ4v) is 1.22. The standard InChI is InChI=1S/C7H8ClN3O2/c8-5-2-4-10-6(1-3-9)7(5)11(12)13/h2,4H,1,3,9H2. The van der Waals surface area contributed by atoms with E-state index in [0.717, 1.165) is 0 Å². The summed E-state index contributed by atoms with van der Waals surface area (Å²) in [6.45, 7) is 0.314. The number of nitro groups is 1. The van der Waals surface area contributed by atoms with Crippen molar-refractivity contribution in [3.63, 3.8) is 0 Å². The Hall–Kier alpha value is -1.20. The van der Waals surface area contributed by atoms with Gasteiger partial charge in [-0.25, -0.2) is 0 Å². The molecular formula is C7H8ClN3O2. The molecule has 0 amide bonds. The maximum atomic E-state index is 10.6. The molecule has 5 nitrogen and oxygen atoms in total. The largest absolute Gasteiger partial charge is 0.330 e. The maximum absolute atomic E-state index is 10.6. The topological polar surface area (TPSA) is 82.0 Å². The van der Waals surface area contributed by atoms with Crippen molar-refractivity contribution in [2.45, 2.75) is 6.42 Å². The summed E-state index contributed by atoms with van der Waals surface area (Å²) in [5.41, 5.74) is 5.46. The van der Waals surface area contributed by atoms with Gasteiger partial charge in [0.05, 0.1) is 4.92 Å². The Balaban J connectivity index is 3.17. The number of pyridine rings is 1. The average molecular weight is 202 g/mol. The molecule has 0 spiro atoms. The van der Waals surface area contributed by atoms with E-state index in [1.165, 1.54) is 12.3 Å². The average Bonchev–Trinajstić information content (AvgIpc) is 2.04. The molecule has 13 heavy (non-hydrogen) atoms. The summed E-state index contributed by atoms with van der Waals surface area (Å²) in [5, 5.41) is 10.7. The molecule has 6 heteroatoms. The molecule has 0 aliphatic heterocycles. The zero-order valence-corrected chi connectivity index (χ0v) is 7.49. The fourth-order valence-electron chi connectivity index (χ4n) is 0.983. The van der Waals surface area contributed by atoms with Crippen LogP contribution in [-0.2, 0) is 6.42 Å². The summed E-state index contributed by atoms with van der Waals surface area (Å²) >= 11 is 5.64. The minimum Gasteiger partial charge on any atom is -0.330 e. The van der Waals surface area contributed by atoms with Gasteiger partial charge < -0.3 is 5.73 Å². The lowest BCUT2D eigenvalue weighted by Gasteiger charge is -2.00. The van der Waals surface area contributed by atoms with Crippen LogP contribution in [0.4, 0.5) is 5.69 Å². The van der Waals surface area contributed by atoms with Crippen LogP contribution in [0.5, 0.6) is 0 Å². The Labute approximate surface area is 79.7 Å². The highest BCUT2D eigenvalue weighted by atomic mass is 35.5. The van der Waals surface area contributed by atoms with Gasteiger partial charge in [0.1, 0.15) is 10.7 Å². The SMILES string of the molecule is NCCc1nccc(Cl)c1[N+](=O)[O-]. The van der Waals surface area contributed by atoms with E-state index >= 15 is 0 Å². The number of aromatic nitrogens is 1. The summed E-state index contributed by atoms with van der Waals surface area (Å²) in [4.78, 5) is 13.9. The lowest BCUT2D eigenvalue weighted by Crippen LogP contribution is -2.07. The number of halogens is 1. The second kappa shape index (κ2) is 4.15. The molecule has 1 rings (SSSR count). The lowest BCUT2D eigenvalue weighted by atomic mass is 10.2. The van der Waals surface area contributed by atoms with Crippen LogP contribution in [0.3, 0.4) is 0 Å². The molecule has 0 aromatic carbocycles. The molecule has 0 saturated heterocycles. The first kappa shape index (κ1) is 9.88. The molecule has 0 radical (unpaired) electrons. The third-order valence-electron chi connectivity index (χ3n) is 1.51. The Morgan fingerprint density at radius 3 is 2.92 bits per heavy atom. The number of nitrogens with two attached hydrogens (primary N) is 1. The first-order valence-electron chi connectivity index (χ1n) is 3.64. The molecular weight excluding hydrogens is 194 g/mol. The van der Waals surface area contributed by atoms with Crippen molar-refractivity contribution >= 4 is 17.3 Å². The number of hydrogen-bond donors (Lipinski definition) is 1. The molecule has 1 heterocycles. The Morgan fingerprint density at radius 2 is 2.38 bits per heavy atom. The minimum atomic E-state index is -0.541. The molecule has 0 bridgehead atoms. The molecule has 1 aromatic heterocycles. The van der Waals surface area contributed by atoms with Gasteiger partial charge in [-0.15, -0.1) is 0 Å². The Kier molecular flexibility index (Phi) is 3.16.